The van der Waals surface area contributed by atoms with Crippen molar-refractivity contribution < 1.29 is 0 Å². The van der Waals surface area contributed by atoms with Gasteiger partial charge in [0.2, 0.25) is 0 Å². The molecule has 0 aliphatic rings. The molecule has 0 atom stereocenters. The summed E-state index contributed by atoms with van der Waals surface area (Å²) in [4.78, 5) is 10.4. The van der Waals surface area contributed by atoms with Crippen LogP contribution in [0.15, 0.2) is 12.4 Å². The molecule has 70 valence electrons. The minimum Gasteiger partial charge on any atom is -0.362 e. The number of allylic oxidation sites excluding steroid dienone is 1. The van der Waals surface area contributed by atoms with Gasteiger partial charge in [-0.25, -0.2) is 9.97 Å². The van der Waals surface area contributed by atoms with Crippen molar-refractivity contribution >= 4 is 11.9 Å². The van der Waals surface area contributed by atoms with E-state index >= 15 is 0 Å². The first-order valence-corrected chi connectivity index (χ1v) is 4.28. The molecular weight excluding hydrogens is 162 g/mol. The van der Waals surface area contributed by atoms with Gasteiger partial charge in [-0.3, -0.25) is 0 Å². The summed E-state index contributed by atoms with van der Waals surface area (Å²) in [7, 11) is 3.96. The van der Waals surface area contributed by atoms with Gasteiger partial charge in [0.15, 0.2) is 0 Å². The molecule has 1 aromatic heterocycles. The van der Waals surface area contributed by atoms with Crippen LogP contribution in [-0.2, 0) is 0 Å². The molecule has 1 heterocycles. The number of aryl methyl sites for hydroxylation is 1. The molecule has 0 bridgehead atoms. The number of rotatable bonds is 2. The number of anilines is 1. The normalized spacial score (nSPS) is 10.8. The van der Waals surface area contributed by atoms with E-state index in [1.165, 1.54) is 0 Å². The lowest BCUT2D eigenvalue weighted by molar-refractivity contribution is 1.01. The van der Waals surface area contributed by atoms with E-state index in [4.69, 9.17) is 0 Å². The summed E-state index contributed by atoms with van der Waals surface area (Å²) in [6, 6.07) is 0. The van der Waals surface area contributed by atoms with E-state index in [0.29, 0.717) is 0 Å². The molecule has 0 fully saturated rings. The van der Waals surface area contributed by atoms with Crippen LogP contribution in [-0.4, -0.2) is 24.1 Å². The summed E-state index contributed by atoms with van der Waals surface area (Å²) in [5.74, 6) is 0.964. The SMILES string of the molecule is C/C=C\c1c(C)ncnc1N(C)C. The molecule has 0 aromatic carbocycles. The van der Waals surface area contributed by atoms with Gasteiger partial charge in [0.25, 0.3) is 0 Å². The first-order valence-electron chi connectivity index (χ1n) is 4.28. The zero-order chi connectivity index (χ0) is 9.84. The van der Waals surface area contributed by atoms with Crippen LogP contribution in [0.25, 0.3) is 6.08 Å². The molecule has 0 saturated heterocycles. The van der Waals surface area contributed by atoms with E-state index in [1.807, 2.05) is 45.0 Å². The molecule has 3 heteroatoms. The van der Waals surface area contributed by atoms with Gasteiger partial charge in [-0.15, -0.1) is 0 Å². The summed E-state index contributed by atoms with van der Waals surface area (Å²) < 4.78 is 0. The summed E-state index contributed by atoms with van der Waals surface area (Å²) in [6.07, 6.45) is 5.63. The summed E-state index contributed by atoms with van der Waals surface area (Å²) in [5, 5.41) is 0. The lowest BCUT2D eigenvalue weighted by Crippen LogP contribution is -2.13. The van der Waals surface area contributed by atoms with E-state index in [9.17, 15) is 0 Å². The van der Waals surface area contributed by atoms with Crippen molar-refractivity contribution in [2.24, 2.45) is 0 Å². The Kier molecular flexibility index (Phi) is 3.01. The highest BCUT2D eigenvalue weighted by atomic mass is 15.1. The Hall–Kier alpha value is -1.38. The number of nitrogens with zero attached hydrogens (tertiary/aromatic N) is 3. The second-order valence-electron chi connectivity index (χ2n) is 3.09. The van der Waals surface area contributed by atoms with Gasteiger partial charge in [-0.05, 0) is 13.8 Å². The molecule has 0 saturated carbocycles. The summed E-state index contributed by atoms with van der Waals surface area (Å²) in [6.45, 7) is 3.98. The third-order valence-corrected chi connectivity index (χ3v) is 1.82. The Balaban J connectivity index is 3.25. The van der Waals surface area contributed by atoms with Gasteiger partial charge < -0.3 is 4.90 Å². The summed E-state index contributed by atoms with van der Waals surface area (Å²) in [5.41, 5.74) is 2.10. The molecule has 13 heavy (non-hydrogen) atoms. The fraction of sp³-hybridized carbons (Fsp3) is 0.400. The zero-order valence-corrected chi connectivity index (χ0v) is 8.57. The van der Waals surface area contributed by atoms with Crippen LogP contribution < -0.4 is 4.90 Å². The smallest absolute Gasteiger partial charge is 0.138 e. The van der Waals surface area contributed by atoms with Crippen LogP contribution in [0.1, 0.15) is 18.2 Å². The maximum atomic E-state index is 4.22. The fourth-order valence-electron chi connectivity index (χ4n) is 1.19. The molecule has 1 rings (SSSR count). The molecule has 0 radical (unpaired) electrons. The van der Waals surface area contributed by atoms with Crippen molar-refractivity contribution in [2.45, 2.75) is 13.8 Å². The fourth-order valence-corrected chi connectivity index (χ4v) is 1.19. The van der Waals surface area contributed by atoms with Crippen LogP contribution >= 0.6 is 0 Å². The van der Waals surface area contributed by atoms with Gasteiger partial charge in [-0.2, -0.15) is 0 Å². The molecule has 3 nitrogen and oxygen atoms in total. The van der Waals surface area contributed by atoms with Gasteiger partial charge in [0.05, 0.1) is 5.69 Å². The topological polar surface area (TPSA) is 29.0 Å². The van der Waals surface area contributed by atoms with E-state index in [-0.39, 0.29) is 0 Å². The Morgan fingerprint density at radius 1 is 1.31 bits per heavy atom. The first-order chi connectivity index (χ1) is 6.16. The van der Waals surface area contributed by atoms with E-state index in [0.717, 1.165) is 17.1 Å². The third kappa shape index (κ3) is 2.05. The second-order valence-corrected chi connectivity index (χ2v) is 3.09. The largest absolute Gasteiger partial charge is 0.362 e. The lowest BCUT2D eigenvalue weighted by atomic mass is 10.2. The number of hydrogen-bond acceptors (Lipinski definition) is 3. The van der Waals surface area contributed by atoms with Gasteiger partial charge >= 0.3 is 0 Å². The maximum absolute atomic E-state index is 4.22. The van der Waals surface area contributed by atoms with E-state index < -0.39 is 0 Å². The Bertz CT molecular complexity index is 316. The highest BCUT2D eigenvalue weighted by molar-refractivity contribution is 5.64. The van der Waals surface area contributed by atoms with Crippen molar-refractivity contribution in [2.75, 3.05) is 19.0 Å². The first kappa shape index (κ1) is 9.71. The number of aromatic nitrogens is 2. The molecule has 0 unspecified atom stereocenters. The van der Waals surface area contributed by atoms with Crippen molar-refractivity contribution in [3.8, 4) is 0 Å². The molecular formula is C10H15N3. The lowest BCUT2D eigenvalue weighted by Gasteiger charge is -2.14. The van der Waals surface area contributed by atoms with Crippen molar-refractivity contribution in [1.82, 2.24) is 9.97 Å². The Morgan fingerprint density at radius 2 is 2.00 bits per heavy atom. The highest BCUT2D eigenvalue weighted by Crippen LogP contribution is 2.18. The predicted octanol–water partition coefficient (Wildman–Crippen LogP) is 1.88. The van der Waals surface area contributed by atoms with Crippen molar-refractivity contribution in [3.05, 3.63) is 23.7 Å². The second kappa shape index (κ2) is 4.03. The summed E-state index contributed by atoms with van der Waals surface area (Å²) >= 11 is 0. The minimum atomic E-state index is 0.964. The number of hydrogen-bond donors (Lipinski definition) is 0. The quantitative estimate of drug-likeness (QED) is 0.690. The monoisotopic (exact) mass is 177 g/mol. The van der Waals surface area contributed by atoms with Crippen molar-refractivity contribution in [1.29, 1.82) is 0 Å². The van der Waals surface area contributed by atoms with Gasteiger partial charge in [0, 0.05) is 19.7 Å². The standard InChI is InChI=1S/C10H15N3/c1-5-6-9-8(2)11-7-12-10(9)13(3)4/h5-7H,1-4H3/b6-5-. The average molecular weight is 177 g/mol. The molecule has 1 aromatic rings. The van der Waals surface area contributed by atoms with Crippen LogP contribution in [0.5, 0.6) is 0 Å². The molecule has 0 N–H and O–H groups in total. The predicted molar refractivity (Wildman–Crippen MR) is 55.8 cm³/mol. The minimum absolute atomic E-state index is 0.964. The van der Waals surface area contributed by atoms with Gasteiger partial charge in [-0.1, -0.05) is 12.2 Å². The molecule has 0 spiro atoms. The highest BCUT2D eigenvalue weighted by Gasteiger charge is 2.05. The molecule has 0 aliphatic heterocycles. The van der Waals surface area contributed by atoms with Crippen LogP contribution in [0.3, 0.4) is 0 Å². The Morgan fingerprint density at radius 3 is 2.54 bits per heavy atom. The average Bonchev–Trinajstić information content (AvgIpc) is 2.08. The van der Waals surface area contributed by atoms with Crippen molar-refractivity contribution in [3.63, 3.8) is 0 Å². The Labute approximate surface area is 79.1 Å². The van der Waals surface area contributed by atoms with Gasteiger partial charge in [0.1, 0.15) is 12.1 Å². The van der Waals surface area contributed by atoms with E-state index in [1.54, 1.807) is 6.33 Å². The third-order valence-electron chi connectivity index (χ3n) is 1.82. The van der Waals surface area contributed by atoms with Crippen LogP contribution in [0, 0.1) is 6.92 Å². The maximum Gasteiger partial charge on any atom is 0.138 e. The van der Waals surface area contributed by atoms with E-state index in [2.05, 4.69) is 9.97 Å². The molecule has 0 aliphatic carbocycles. The van der Waals surface area contributed by atoms with Crippen LogP contribution in [0.4, 0.5) is 5.82 Å². The van der Waals surface area contributed by atoms with Crippen LogP contribution in [0.2, 0.25) is 0 Å². The molecule has 0 amide bonds. The zero-order valence-electron chi connectivity index (χ0n) is 8.57.